The zero-order valence-electron chi connectivity index (χ0n) is 13.9. The van der Waals surface area contributed by atoms with E-state index in [0.717, 1.165) is 12.8 Å². The molecule has 25 heavy (non-hydrogen) atoms. The molecule has 1 fully saturated rings. The van der Waals surface area contributed by atoms with E-state index in [1.165, 1.54) is 6.07 Å². The summed E-state index contributed by atoms with van der Waals surface area (Å²) in [6, 6.07) is 11.4. The second-order valence-corrected chi connectivity index (χ2v) is 6.17. The third-order valence-electron chi connectivity index (χ3n) is 4.31. The number of likely N-dealkylation sites (tertiary alicyclic amines) is 1. The largest absolute Gasteiger partial charge is 0.490 e. The summed E-state index contributed by atoms with van der Waals surface area (Å²) in [5.74, 6) is -0.135. The monoisotopic (exact) mass is 344 g/mol. The normalized spacial score (nSPS) is 17.4. The molecule has 0 radical (unpaired) electrons. The quantitative estimate of drug-likeness (QED) is 0.906. The minimum absolute atomic E-state index is 0.147. The van der Waals surface area contributed by atoms with Gasteiger partial charge in [-0.2, -0.15) is 0 Å². The van der Waals surface area contributed by atoms with Gasteiger partial charge in [-0.15, -0.1) is 0 Å². The predicted octanol–water partition coefficient (Wildman–Crippen LogP) is 2.64. The highest BCUT2D eigenvalue weighted by atomic mass is 19.1. The van der Waals surface area contributed by atoms with Gasteiger partial charge >= 0.3 is 0 Å². The standard InChI is InChI=1S/C19H21FN2O3/c20-16-7-1-2-9-18(16)25-13-14-5-4-10-22(11-14)19(24)17-8-3-6-15(12-23)21-17/h1-3,6-9,14,23H,4-5,10-13H2. The number of benzene rings is 1. The van der Waals surface area contributed by atoms with Crippen LogP contribution in [-0.4, -0.2) is 40.6 Å². The van der Waals surface area contributed by atoms with E-state index in [9.17, 15) is 9.18 Å². The number of carbonyl (C=O) groups excluding carboxylic acids is 1. The Labute approximate surface area is 146 Å². The Bertz CT molecular complexity index is 738. The molecule has 0 saturated carbocycles. The zero-order valence-corrected chi connectivity index (χ0v) is 13.9. The molecule has 0 aliphatic carbocycles. The molecule has 1 aromatic heterocycles. The Morgan fingerprint density at radius 1 is 1.28 bits per heavy atom. The van der Waals surface area contributed by atoms with Crippen LogP contribution in [0.15, 0.2) is 42.5 Å². The van der Waals surface area contributed by atoms with Crippen molar-refractivity contribution in [2.75, 3.05) is 19.7 Å². The van der Waals surface area contributed by atoms with Gasteiger partial charge in [-0.25, -0.2) is 9.37 Å². The van der Waals surface area contributed by atoms with E-state index >= 15 is 0 Å². The number of rotatable bonds is 5. The van der Waals surface area contributed by atoms with E-state index in [1.807, 2.05) is 0 Å². The molecule has 1 aliphatic heterocycles. The molecule has 1 amide bonds. The lowest BCUT2D eigenvalue weighted by Gasteiger charge is -2.32. The van der Waals surface area contributed by atoms with Crippen molar-refractivity contribution in [1.29, 1.82) is 0 Å². The molecule has 1 aliphatic rings. The minimum atomic E-state index is -0.378. The number of piperidine rings is 1. The lowest BCUT2D eigenvalue weighted by molar-refractivity contribution is 0.0625. The van der Waals surface area contributed by atoms with Gasteiger partial charge < -0.3 is 14.7 Å². The second kappa shape index (κ2) is 8.07. The SMILES string of the molecule is O=C(c1cccc(CO)n1)N1CCCC(COc2ccccc2F)C1. The fraction of sp³-hybridized carbons (Fsp3) is 0.368. The number of halogens is 1. The number of ether oxygens (including phenoxy) is 1. The number of nitrogens with zero attached hydrogens (tertiary/aromatic N) is 2. The van der Waals surface area contributed by atoms with Crippen LogP contribution in [0.1, 0.15) is 29.0 Å². The van der Waals surface area contributed by atoms with Crippen LogP contribution < -0.4 is 4.74 Å². The summed E-state index contributed by atoms with van der Waals surface area (Å²) < 4.78 is 19.2. The number of hydrogen-bond acceptors (Lipinski definition) is 4. The minimum Gasteiger partial charge on any atom is -0.490 e. The van der Waals surface area contributed by atoms with Crippen molar-refractivity contribution in [3.05, 3.63) is 59.7 Å². The lowest BCUT2D eigenvalue weighted by atomic mass is 9.98. The van der Waals surface area contributed by atoms with E-state index in [1.54, 1.807) is 41.3 Å². The molecular formula is C19H21FN2O3. The maximum absolute atomic E-state index is 13.6. The van der Waals surface area contributed by atoms with Crippen molar-refractivity contribution in [3.8, 4) is 5.75 Å². The summed E-state index contributed by atoms with van der Waals surface area (Å²) in [7, 11) is 0. The number of carbonyl (C=O) groups is 1. The Hall–Kier alpha value is -2.47. The molecule has 5 nitrogen and oxygen atoms in total. The smallest absolute Gasteiger partial charge is 0.272 e. The Balaban J connectivity index is 1.60. The molecule has 6 heteroatoms. The molecule has 2 heterocycles. The van der Waals surface area contributed by atoms with Gasteiger partial charge in [0.1, 0.15) is 5.69 Å². The van der Waals surface area contributed by atoms with E-state index in [0.29, 0.717) is 31.1 Å². The summed E-state index contributed by atoms with van der Waals surface area (Å²) in [4.78, 5) is 18.5. The summed E-state index contributed by atoms with van der Waals surface area (Å²) in [6.07, 6.45) is 1.80. The van der Waals surface area contributed by atoms with Crippen LogP contribution in [0, 0.1) is 11.7 Å². The molecule has 1 saturated heterocycles. The summed E-state index contributed by atoms with van der Waals surface area (Å²) in [5, 5.41) is 9.16. The number of pyridine rings is 1. The topological polar surface area (TPSA) is 62.7 Å². The number of amides is 1. The third kappa shape index (κ3) is 4.33. The van der Waals surface area contributed by atoms with Crippen LogP contribution >= 0.6 is 0 Å². The molecule has 132 valence electrons. The van der Waals surface area contributed by atoms with Crippen LogP contribution in [0.3, 0.4) is 0 Å². The van der Waals surface area contributed by atoms with Crippen molar-refractivity contribution >= 4 is 5.91 Å². The van der Waals surface area contributed by atoms with E-state index < -0.39 is 0 Å². The van der Waals surface area contributed by atoms with Gasteiger partial charge in [0, 0.05) is 19.0 Å². The maximum Gasteiger partial charge on any atom is 0.272 e. The fourth-order valence-electron chi connectivity index (χ4n) is 3.00. The van der Waals surface area contributed by atoms with Crippen molar-refractivity contribution in [2.24, 2.45) is 5.92 Å². The first-order valence-corrected chi connectivity index (χ1v) is 8.41. The second-order valence-electron chi connectivity index (χ2n) is 6.17. The van der Waals surface area contributed by atoms with Crippen molar-refractivity contribution in [3.63, 3.8) is 0 Å². The number of aliphatic hydroxyl groups is 1. The zero-order chi connectivity index (χ0) is 17.6. The van der Waals surface area contributed by atoms with Gasteiger partial charge in [0.05, 0.1) is 18.9 Å². The molecule has 2 aromatic rings. The summed E-state index contributed by atoms with van der Waals surface area (Å²) in [6.45, 7) is 1.40. The lowest BCUT2D eigenvalue weighted by Crippen LogP contribution is -2.42. The average molecular weight is 344 g/mol. The van der Waals surface area contributed by atoms with Crippen LogP contribution in [0.4, 0.5) is 4.39 Å². The molecule has 0 spiro atoms. The first kappa shape index (κ1) is 17.4. The molecule has 3 rings (SSSR count). The number of hydrogen-bond donors (Lipinski definition) is 1. The van der Waals surface area contributed by atoms with Crippen molar-refractivity contribution in [2.45, 2.75) is 19.4 Å². The molecule has 1 unspecified atom stereocenters. The van der Waals surface area contributed by atoms with Gasteiger partial charge in [-0.1, -0.05) is 18.2 Å². The summed E-state index contributed by atoms with van der Waals surface area (Å²) in [5.41, 5.74) is 0.810. The van der Waals surface area contributed by atoms with Crippen molar-refractivity contribution < 1.29 is 19.0 Å². The van der Waals surface area contributed by atoms with E-state index in [2.05, 4.69) is 4.98 Å². The summed E-state index contributed by atoms with van der Waals surface area (Å²) >= 11 is 0. The Kier molecular flexibility index (Phi) is 5.60. The Morgan fingerprint density at radius 2 is 2.12 bits per heavy atom. The van der Waals surface area contributed by atoms with Gasteiger partial charge in [0.15, 0.2) is 11.6 Å². The number of para-hydroxylation sites is 1. The van der Waals surface area contributed by atoms with Gasteiger partial charge in [-0.3, -0.25) is 4.79 Å². The first-order valence-electron chi connectivity index (χ1n) is 8.41. The fourth-order valence-corrected chi connectivity index (χ4v) is 3.00. The van der Waals surface area contributed by atoms with Crippen molar-refractivity contribution in [1.82, 2.24) is 9.88 Å². The number of aromatic nitrogens is 1. The van der Waals surface area contributed by atoms with Gasteiger partial charge in [0.25, 0.3) is 5.91 Å². The highest BCUT2D eigenvalue weighted by Gasteiger charge is 2.26. The molecule has 1 atom stereocenters. The van der Waals surface area contributed by atoms with Gasteiger partial charge in [-0.05, 0) is 37.1 Å². The molecule has 1 N–H and O–H groups in total. The molecular weight excluding hydrogens is 323 g/mol. The third-order valence-corrected chi connectivity index (χ3v) is 4.31. The highest BCUT2D eigenvalue weighted by molar-refractivity contribution is 5.92. The molecule has 0 bridgehead atoms. The molecule has 1 aromatic carbocycles. The predicted molar refractivity (Wildman–Crippen MR) is 90.7 cm³/mol. The maximum atomic E-state index is 13.6. The van der Waals surface area contributed by atoms with Crippen LogP contribution in [0.5, 0.6) is 5.75 Å². The number of aliphatic hydroxyl groups excluding tert-OH is 1. The highest BCUT2D eigenvalue weighted by Crippen LogP contribution is 2.21. The van der Waals surface area contributed by atoms with Crippen LogP contribution in [-0.2, 0) is 6.61 Å². The van der Waals surface area contributed by atoms with E-state index in [4.69, 9.17) is 9.84 Å². The first-order chi connectivity index (χ1) is 12.2. The van der Waals surface area contributed by atoms with E-state index in [-0.39, 0.29) is 30.0 Å². The van der Waals surface area contributed by atoms with Crippen LogP contribution in [0.2, 0.25) is 0 Å². The average Bonchev–Trinajstić information content (AvgIpc) is 2.67. The Morgan fingerprint density at radius 3 is 2.92 bits per heavy atom. The van der Waals surface area contributed by atoms with Crippen LogP contribution in [0.25, 0.3) is 0 Å². The van der Waals surface area contributed by atoms with Gasteiger partial charge in [0.2, 0.25) is 0 Å².